The molecule has 1 saturated heterocycles. The Bertz CT molecular complexity index is 443. The summed E-state index contributed by atoms with van der Waals surface area (Å²) >= 11 is 5.30. The van der Waals surface area contributed by atoms with Crippen molar-refractivity contribution in [2.24, 2.45) is 0 Å². The highest BCUT2D eigenvalue weighted by atomic mass is 79.9. The van der Waals surface area contributed by atoms with Gasteiger partial charge in [-0.05, 0) is 47.8 Å². The third-order valence-electron chi connectivity index (χ3n) is 3.74. The average Bonchev–Trinajstić information content (AvgIpc) is 2.87. The van der Waals surface area contributed by atoms with Crippen molar-refractivity contribution < 1.29 is 4.79 Å². The van der Waals surface area contributed by atoms with E-state index in [-0.39, 0.29) is 5.91 Å². The van der Waals surface area contributed by atoms with Gasteiger partial charge in [-0.1, -0.05) is 0 Å². The van der Waals surface area contributed by atoms with E-state index in [1.807, 2.05) is 0 Å². The van der Waals surface area contributed by atoms with Crippen molar-refractivity contribution in [1.29, 1.82) is 0 Å². The van der Waals surface area contributed by atoms with Gasteiger partial charge in [0.1, 0.15) is 0 Å². The van der Waals surface area contributed by atoms with Crippen LogP contribution in [-0.2, 0) is 4.79 Å². The minimum Gasteiger partial charge on any atom is -0.358 e. The molecule has 20 heavy (non-hydrogen) atoms. The highest BCUT2D eigenvalue weighted by molar-refractivity contribution is 9.11. The van der Waals surface area contributed by atoms with Crippen LogP contribution in [0.5, 0.6) is 0 Å². The van der Waals surface area contributed by atoms with Crippen LogP contribution in [0.1, 0.15) is 30.7 Å². The van der Waals surface area contributed by atoms with Crippen LogP contribution in [0.3, 0.4) is 0 Å². The number of nitrogens with one attached hydrogen (secondary N) is 2. The Kier molecular flexibility index (Phi) is 6.01. The second-order valence-corrected chi connectivity index (χ2v) is 7.75. The first-order valence-corrected chi connectivity index (χ1v) is 8.63. The molecule has 4 nitrogen and oxygen atoms in total. The van der Waals surface area contributed by atoms with Gasteiger partial charge < -0.3 is 10.6 Å². The highest BCUT2D eigenvalue weighted by Gasteiger charge is 2.22. The zero-order chi connectivity index (χ0) is 14.5. The second kappa shape index (κ2) is 7.54. The molecular formula is C14H22BrN3OS. The number of likely N-dealkylation sites (N-methyl/N-ethyl adjacent to an activating group) is 1. The van der Waals surface area contributed by atoms with E-state index in [2.05, 4.69) is 50.5 Å². The van der Waals surface area contributed by atoms with Crippen LogP contribution in [0.4, 0.5) is 0 Å². The lowest BCUT2D eigenvalue weighted by atomic mass is 10.0. The Morgan fingerprint density at radius 1 is 1.50 bits per heavy atom. The average molecular weight is 360 g/mol. The molecule has 2 heterocycles. The Morgan fingerprint density at radius 3 is 2.75 bits per heavy atom. The maximum Gasteiger partial charge on any atom is 0.233 e. The smallest absolute Gasteiger partial charge is 0.233 e. The zero-order valence-corrected chi connectivity index (χ0v) is 14.4. The molecule has 1 aromatic heterocycles. The minimum atomic E-state index is 0.105. The normalized spacial score (nSPS) is 18.9. The maximum atomic E-state index is 11.4. The molecule has 112 valence electrons. The van der Waals surface area contributed by atoms with Crippen LogP contribution in [0.2, 0.25) is 0 Å². The van der Waals surface area contributed by atoms with E-state index in [1.165, 1.54) is 8.66 Å². The Labute approximate surface area is 133 Å². The number of amides is 1. The molecule has 1 aliphatic heterocycles. The maximum absolute atomic E-state index is 11.4. The van der Waals surface area contributed by atoms with E-state index in [4.69, 9.17) is 0 Å². The van der Waals surface area contributed by atoms with Gasteiger partial charge in [-0.25, -0.2) is 0 Å². The fraction of sp³-hybridized carbons (Fsp3) is 0.643. The Hall–Kier alpha value is -0.430. The SMILES string of the molecule is CNC(=O)CN1CCC(NC(C)c2ccc(Br)s2)CC1. The number of carbonyl (C=O) groups is 1. The van der Waals surface area contributed by atoms with Gasteiger partial charge in [-0.2, -0.15) is 0 Å². The lowest BCUT2D eigenvalue weighted by molar-refractivity contribution is -0.122. The molecule has 0 radical (unpaired) electrons. The minimum absolute atomic E-state index is 0.105. The topological polar surface area (TPSA) is 44.4 Å². The first-order valence-electron chi connectivity index (χ1n) is 7.02. The third-order valence-corrected chi connectivity index (χ3v) is 5.55. The van der Waals surface area contributed by atoms with E-state index < -0.39 is 0 Å². The summed E-state index contributed by atoms with van der Waals surface area (Å²) in [6.45, 7) is 4.73. The summed E-state index contributed by atoms with van der Waals surface area (Å²) in [6.07, 6.45) is 2.21. The van der Waals surface area contributed by atoms with Gasteiger partial charge >= 0.3 is 0 Å². The van der Waals surface area contributed by atoms with Gasteiger partial charge in [0.25, 0.3) is 0 Å². The summed E-state index contributed by atoms with van der Waals surface area (Å²) in [7, 11) is 1.69. The lowest BCUT2D eigenvalue weighted by Gasteiger charge is -2.33. The fourth-order valence-electron chi connectivity index (χ4n) is 2.54. The molecule has 0 spiro atoms. The van der Waals surface area contributed by atoms with Crippen molar-refractivity contribution in [3.63, 3.8) is 0 Å². The summed E-state index contributed by atoms with van der Waals surface area (Å²) in [4.78, 5) is 14.9. The lowest BCUT2D eigenvalue weighted by Crippen LogP contribution is -2.46. The molecule has 1 aliphatic rings. The van der Waals surface area contributed by atoms with Crippen LogP contribution in [-0.4, -0.2) is 43.5 Å². The van der Waals surface area contributed by atoms with Crippen LogP contribution >= 0.6 is 27.3 Å². The van der Waals surface area contributed by atoms with Crippen molar-refractivity contribution in [2.75, 3.05) is 26.7 Å². The highest BCUT2D eigenvalue weighted by Crippen LogP contribution is 2.28. The number of piperidine rings is 1. The van der Waals surface area contributed by atoms with Crippen molar-refractivity contribution in [1.82, 2.24) is 15.5 Å². The number of nitrogens with zero attached hydrogens (tertiary/aromatic N) is 1. The van der Waals surface area contributed by atoms with Crippen LogP contribution in [0.15, 0.2) is 15.9 Å². The third kappa shape index (κ3) is 4.55. The van der Waals surface area contributed by atoms with Crippen LogP contribution in [0.25, 0.3) is 0 Å². The van der Waals surface area contributed by atoms with E-state index in [0.717, 1.165) is 25.9 Å². The predicted molar refractivity (Wildman–Crippen MR) is 87.1 cm³/mol. The number of rotatable bonds is 5. The number of thiophene rings is 1. The molecule has 1 atom stereocenters. The van der Waals surface area contributed by atoms with Gasteiger partial charge in [0.15, 0.2) is 0 Å². The van der Waals surface area contributed by atoms with Gasteiger partial charge in [0.2, 0.25) is 5.91 Å². The number of hydrogen-bond acceptors (Lipinski definition) is 4. The number of halogens is 1. The van der Waals surface area contributed by atoms with E-state index in [0.29, 0.717) is 18.6 Å². The molecule has 0 aliphatic carbocycles. The van der Waals surface area contributed by atoms with Gasteiger partial charge in [-0.15, -0.1) is 11.3 Å². The zero-order valence-electron chi connectivity index (χ0n) is 12.0. The van der Waals surface area contributed by atoms with E-state index in [1.54, 1.807) is 18.4 Å². The number of carbonyl (C=O) groups excluding carboxylic acids is 1. The first kappa shape index (κ1) is 15.9. The number of likely N-dealkylation sites (tertiary alicyclic amines) is 1. The van der Waals surface area contributed by atoms with Crippen molar-refractivity contribution in [3.8, 4) is 0 Å². The fourth-order valence-corrected chi connectivity index (χ4v) is 3.97. The number of hydrogen-bond donors (Lipinski definition) is 2. The van der Waals surface area contributed by atoms with E-state index >= 15 is 0 Å². The Balaban J connectivity index is 1.75. The molecule has 0 bridgehead atoms. The molecule has 0 saturated carbocycles. The molecule has 2 rings (SSSR count). The summed E-state index contributed by atoms with van der Waals surface area (Å²) in [5.74, 6) is 0.105. The summed E-state index contributed by atoms with van der Waals surface area (Å²) < 4.78 is 1.18. The summed E-state index contributed by atoms with van der Waals surface area (Å²) in [5, 5.41) is 6.38. The summed E-state index contributed by atoms with van der Waals surface area (Å²) in [5.41, 5.74) is 0. The molecule has 1 fully saturated rings. The molecule has 0 aromatic carbocycles. The van der Waals surface area contributed by atoms with Crippen molar-refractivity contribution in [2.45, 2.75) is 31.8 Å². The van der Waals surface area contributed by atoms with Gasteiger partial charge in [-0.3, -0.25) is 9.69 Å². The van der Waals surface area contributed by atoms with Crippen molar-refractivity contribution >= 4 is 33.2 Å². The van der Waals surface area contributed by atoms with Gasteiger partial charge in [0.05, 0.1) is 10.3 Å². The standard InChI is InChI=1S/C14H22BrN3OS/c1-10(12-3-4-13(15)20-12)17-11-5-7-18(8-6-11)9-14(19)16-2/h3-4,10-11,17H,5-9H2,1-2H3,(H,16,19). The first-order chi connectivity index (χ1) is 9.58. The molecule has 1 aromatic rings. The molecule has 6 heteroatoms. The van der Waals surface area contributed by atoms with Crippen LogP contribution < -0.4 is 10.6 Å². The largest absolute Gasteiger partial charge is 0.358 e. The summed E-state index contributed by atoms with van der Waals surface area (Å²) in [6, 6.07) is 5.21. The van der Waals surface area contributed by atoms with Crippen LogP contribution in [0, 0.1) is 0 Å². The molecule has 2 N–H and O–H groups in total. The van der Waals surface area contributed by atoms with E-state index in [9.17, 15) is 4.79 Å². The molecule has 1 unspecified atom stereocenters. The monoisotopic (exact) mass is 359 g/mol. The quantitative estimate of drug-likeness (QED) is 0.848. The molecular weight excluding hydrogens is 338 g/mol. The predicted octanol–water partition coefficient (Wildman–Crippen LogP) is 2.37. The second-order valence-electron chi connectivity index (χ2n) is 5.25. The van der Waals surface area contributed by atoms with Crippen molar-refractivity contribution in [3.05, 3.63) is 20.8 Å². The Morgan fingerprint density at radius 2 is 2.20 bits per heavy atom. The van der Waals surface area contributed by atoms with Gasteiger partial charge in [0, 0.05) is 37.1 Å². The molecule has 1 amide bonds.